The van der Waals surface area contributed by atoms with E-state index in [1.165, 1.54) is 29.2 Å². The maximum absolute atomic E-state index is 14.0. The van der Waals surface area contributed by atoms with Crippen molar-refractivity contribution < 1.29 is 18.0 Å². The van der Waals surface area contributed by atoms with Crippen molar-refractivity contribution in [3.8, 4) is 0 Å². The molecular weight excluding hydrogens is 557 g/mol. The van der Waals surface area contributed by atoms with E-state index in [2.05, 4.69) is 5.32 Å². The lowest BCUT2D eigenvalue weighted by atomic mass is 10.1. The van der Waals surface area contributed by atoms with Gasteiger partial charge in [-0.05, 0) is 67.8 Å². The highest BCUT2D eigenvalue weighted by atomic mass is 35.5. The Morgan fingerprint density at radius 3 is 2.08 bits per heavy atom. The topological polar surface area (TPSA) is 86.8 Å². The average molecular weight is 591 g/mol. The lowest BCUT2D eigenvalue weighted by molar-refractivity contribution is -0.140. The molecule has 2 atom stereocenters. The van der Waals surface area contributed by atoms with E-state index >= 15 is 0 Å². The molecule has 3 rings (SSSR count). The molecule has 0 saturated carbocycles. The molecule has 0 saturated heterocycles. The standard InChI is InChI=1S/C29H33Cl2N3O4S/c1-4-21(3)32-29(36)27(5-2)33(19-22-11-9-10-14-26(22)31)28(35)20-34(24-12-7-6-8-13-24)39(37,38)25-17-15-23(30)16-18-25/h6-18,21,27H,4-5,19-20H2,1-3H3,(H,32,36)/t21-,27+/m0/s1. The maximum Gasteiger partial charge on any atom is 0.264 e. The number of hydrogen-bond acceptors (Lipinski definition) is 4. The number of anilines is 1. The number of carbonyl (C=O) groups is 2. The van der Waals surface area contributed by atoms with Crippen LogP contribution in [0.4, 0.5) is 5.69 Å². The molecule has 0 heterocycles. The first-order valence-corrected chi connectivity index (χ1v) is 14.9. The molecular formula is C29H33Cl2N3O4S. The Bertz CT molecular complexity index is 1370. The zero-order valence-electron chi connectivity index (χ0n) is 22.2. The lowest BCUT2D eigenvalue weighted by Gasteiger charge is -2.34. The predicted octanol–water partition coefficient (Wildman–Crippen LogP) is 5.91. The Hall–Kier alpha value is -3.07. The monoisotopic (exact) mass is 589 g/mol. The smallest absolute Gasteiger partial charge is 0.264 e. The van der Waals surface area contributed by atoms with E-state index < -0.39 is 28.5 Å². The average Bonchev–Trinajstić information content (AvgIpc) is 2.93. The first-order chi connectivity index (χ1) is 18.6. The van der Waals surface area contributed by atoms with Gasteiger partial charge in [-0.2, -0.15) is 0 Å². The predicted molar refractivity (Wildman–Crippen MR) is 156 cm³/mol. The van der Waals surface area contributed by atoms with Gasteiger partial charge in [-0.3, -0.25) is 13.9 Å². The number of para-hydroxylation sites is 1. The first-order valence-electron chi connectivity index (χ1n) is 12.7. The lowest BCUT2D eigenvalue weighted by Crippen LogP contribution is -2.53. The minimum Gasteiger partial charge on any atom is -0.352 e. The van der Waals surface area contributed by atoms with Crippen molar-refractivity contribution in [1.82, 2.24) is 10.2 Å². The Balaban J connectivity index is 2.04. The van der Waals surface area contributed by atoms with Gasteiger partial charge in [0.1, 0.15) is 12.6 Å². The van der Waals surface area contributed by atoms with E-state index in [1.807, 2.05) is 20.8 Å². The van der Waals surface area contributed by atoms with Gasteiger partial charge in [0, 0.05) is 22.6 Å². The van der Waals surface area contributed by atoms with Crippen LogP contribution in [-0.4, -0.2) is 43.8 Å². The summed E-state index contributed by atoms with van der Waals surface area (Å²) in [6.07, 6.45) is 1.05. The second-order valence-corrected chi connectivity index (χ2v) is 11.9. The molecule has 0 aliphatic rings. The molecule has 3 aromatic rings. The zero-order chi connectivity index (χ0) is 28.6. The van der Waals surface area contributed by atoms with Crippen LogP contribution in [0.5, 0.6) is 0 Å². The van der Waals surface area contributed by atoms with Crippen LogP contribution in [-0.2, 0) is 26.2 Å². The van der Waals surface area contributed by atoms with Crippen LogP contribution >= 0.6 is 23.2 Å². The van der Waals surface area contributed by atoms with E-state index in [0.717, 1.165) is 10.7 Å². The SMILES string of the molecule is CC[C@H](C(=O)N[C@@H](C)CC)N(Cc1ccccc1Cl)C(=O)CN(c1ccccc1)S(=O)(=O)c1ccc(Cl)cc1. The molecule has 0 aliphatic heterocycles. The summed E-state index contributed by atoms with van der Waals surface area (Å²) < 4.78 is 28.6. The van der Waals surface area contributed by atoms with Gasteiger partial charge in [-0.25, -0.2) is 8.42 Å². The highest BCUT2D eigenvalue weighted by Gasteiger charge is 2.34. The minimum atomic E-state index is -4.16. The number of hydrogen-bond donors (Lipinski definition) is 1. The van der Waals surface area contributed by atoms with Crippen LogP contribution in [0, 0.1) is 0 Å². The van der Waals surface area contributed by atoms with E-state index in [-0.39, 0.29) is 23.4 Å². The molecule has 1 N–H and O–H groups in total. The second kappa shape index (κ2) is 13.8. The van der Waals surface area contributed by atoms with Crippen LogP contribution in [0.15, 0.2) is 83.8 Å². The molecule has 0 radical (unpaired) electrons. The summed E-state index contributed by atoms with van der Waals surface area (Å²) in [7, 11) is -4.16. The van der Waals surface area contributed by atoms with Gasteiger partial charge in [-0.1, -0.05) is 73.4 Å². The molecule has 208 valence electrons. The van der Waals surface area contributed by atoms with Crippen molar-refractivity contribution in [2.75, 3.05) is 10.8 Å². The Kier molecular flexibility index (Phi) is 10.8. The van der Waals surface area contributed by atoms with Gasteiger partial charge in [0.25, 0.3) is 10.0 Å². The van der Waals surface area contributed by atoms with Crippen LogP contribution in [0.25, 0.3) is 0 Å². The second-order valence-electron chi connectivity index (χ2n) is 9.16. The summed E-state index contributed by atoms with van der Waals surface area (Å²) in [6, 6.07) is 20.3. The summed E-state index contributed by atoms with van der Waals surface area (Å²) in [5.74, 6) is -0.846. The normalized spacial score (nSPS) is 12.8. The molecule has 2 amide bonds. The Labute approximate surface area is 240 Å². The fraction of sp³-hybridized carbons (Fsp3) is 0.310. The number of halogens is 2. The molecule has 0 aliphatic carbocycles. The number of nitrogens with one attached hydrogen (secondary N) is 1. The quantitative estimate of drug-likeness (QED) is 0.284. The number of nitrogens with zero attached hydrogens (tertiary/aromatic N) is 2. The van der Waals surface area contributed by atoms with Crippen LogP contribution in [0.3, 0.4) is 0 Å². The fourth-order valence-electron chi connectivity index (χ4n) is 4.03. The van der Waals surface area contributed by atoms with Crippen molar-refractivity contribution in [3.63, 3.8) is 0 Å². The van der Waals surface area contributed by atoms with Gasteiger partial charge in [-0.15, -0.1) is 0 Å². The van der Waals surface area contributed by atoms with Gasteiger partial charge in [0.2, 0.25) is 11.8 Å². The van der Waals surface area contributed by atoms with Gasteiger partial charge in [0.05, 0.1) is 10.6 Å². The van der Waals surface area contributed by atoms with Gasteiger partial charge < -0.3 is 10.2 Å². The van der Waals surface area contributed by atoms with Crippen LogP contribution in [0.1, 0.15) is 39.2 Å². The third-order valence-corrected chi connectivity index (χ3v) is 8.82. The highest BCUT2D eigenvalue weighted by molar-refractivity contribution is 7.92. The number of benzene rings is 3. The zero-order valence-corrected chi connectivity index (χ0v) is 24.5. The van der Waals surface area contributed by atoms with Crippen molar-refractivity contribution in [3.05, 3.63) is 94.5 Å². The summed E-state index contributed by atoms with van der Waals surface area (Å²) in [4.78, 5) is 28.7. The molecule has 0 fully saturated rings. The number of rotatable bonds is 12. The molecule has 39 heavy (non-hydrogen) atoms. The largest absolute Gasteiger partial charge is 0.352 e. The number of amides is 2. The number of carbonyl (C=O) groups excluding carboxylic acids is 2. The molecule has 7 nitrogen and oxygen atoms in total. The first kappa shape index (κ1) is 30.5. The van der Waals surface area contributed by atoms with Gasteiger partial charge in [0.15, 0.2) is 0 Å². The summed E-state index contributed by atoms with van der Waals surface area (Å²) in [5.41, 5.74) is 0.963. The van der Waals surface area contributed by atoms with Crippen LogP contribution in [0.2, 0.25) is 10.0 Å². The van der Waals surface area contributed by atoms with E-state index in [4.69, 9.17) is 23.2 Å². The molecule has 10 heteroatoms. The highest BCUT2D eigenvalue weighted by Crippen LogP contribution is 2.26. The van der Waals surface area contributed by atoms with Crippen molar-refractivity contribution in [2.24, 2.45) is 0 Å². The molecule has 0 bridgehead atoms. The van der Waals surface area contributed by atoms with Crippen molar-refractivity contribution >= 4 is 50.7 Å². The third-order valence-electron chi connectivity index (χ3n) is 6.41. The van der Waals surface area contributed by atoms with Crippen molar-refractivity contribution in [2.45, 2.75) is 57.1 Å². The van der Waals surface area contributed by atoms with E-state index in [9.17, 15) is 18.0 Å². The van der Waals surface area contributed by atoms with E-state index in [0.29, 0.717) is 27.7 Å². The van der Waals surface area contributed by atoms with Gasteiger partial charge >= 0.3 is 0 Å². The summed E-state index contributed by atoms with van der Waals surface area (Å²) in [6.45, 7) is 5.17. The molecule has 0 spiro atoms. The summed E-state index contributed by atoms with van der Waals surface area (Å²) in [5, 5.41) is 3.79. The maximum atomic E-state index is 14.0. The molecule has 0 aromatic heterocycles. The number of sulfonamides is 1. The van der Waals surface area contributed by atoms with Crippen molar-refractivity contribution in [1.29, 1.82) is 0 Å². The molecule has 0 unspecified atom stereocenters. The summed E-state index contributed by atoms with van der Waals surface area (Å²) >= 11 is 12.4. The fourth-order valence-corrected chi connectivity index (χ4v) is 5.76. The Morgan fingerprint density at radius 1 is 0.872 bits per heavy atom. The Morgan fingerprint density at radius 2 is 1.49 bits per heavy atom. The van der Waals surface area contributed by atoms with Crippen LogP contribution < -0.4 is 9.62 Å². The molecule has 3 aromatic carbocycles. The minimum absolute atomic E-state index is 0.0113. The van der Waals surface area contributed by atoms with E-state index in [1.54, 1.807) is 54.6 Å². The third kappa shape index (κ3) is 7.75.